The molecular formula is C28H33N3O3. The standard InChI is InChI=1S/C28H33N3O3/c32-28-20-30(17-24-10-13-29-27-9-5-4-8-26(24)27)18-25(34-21-23-6-2-1-3-7-23)19-31(28)16-22-11-14-33-15-12-22/h1-10,13,22,25H,11-12,14-21H2/t25-/m0/s1. The maximum Gasteiger partial charge on any atom is 0.236 e. The Balaban J connectivity index is 1.33. The summed E-state index contributed by atoms with van der Waals surface area (Å²) in [6.07, 6.45) is 3.86. The fourth-order valence-electron chi connectivity index (χ4n) is 5.01. The molecule has 6 nitrogen and oxygen atoms in total. The predicted octanol–water partition coefficient (Wildman–Crippen LogP) is 3.89. The van der Waals surface area contributed by atoms with Crippen molar-refractivity contribution >= 4 is 16.8 Å². The van der Waals surface area contributed by atoms with Crippen LogP contribution in [0.3, 0.4) is 0 Å². The monoisotopic (exact) mass is 459 g/mol. The summed E-state index contributed by atoms with van der Waals surface area (Å²) in [4.78, 5) is 22.1. The van der Waals surface area contributed by atoms with E-state index in [4.69, 9.17) is 9.47 Å². The lowest BCUT2D eigenvalue weighted by Gasteiger charge is -2.30. The van der Waals surface area contributed by atoms with Crippen LogP contribution in [0.2, 0.25) is 0 Å². The largest absolute Gasteiger partial charge is 0.381 e. The molecular weight excluding hydrogens is 426 g/mol. The highest BCUT2D eigenvalue weighted by atomic mass is 16.5. The first-order chi connectivity index (χ1) is 16.7. The molecule has 3 aromatic rings. The molecule has 0 bridgehead atoms. The van der Waals surface area contributed by atoms with Gasteiger partial charge in [-0.2, -0.15) is 0 Å². The van der Waals surface area contributed by atoms with Crippen LogP contribution in [-0.2, 0) is 27.4 Å². The van der Waals surface area contributed by atoms with Gasteiger partial charge >= 0.3 is 0 Å². The van der Waals surface area contributed by atoms with E-state index in [0.29, 0.717) is 32.2 Å². The number of aromatic nitrogens is 1. The molecule has 34 heavy (non-hydrogen) atoms. The van der Waals surface area contributed by atoms with Crippen molar-refractivity contribution in [2.24, 2.45) is 5.92 Å². The quantitative estimate of drug-likeness (QED) is 0.537. The van der Waals surface area contributed by atoms with E-state index in [0.717, 1.165) is 55.6 Å². The summed E-state index contributed by atoms with van der Waals surface area (Å²) in [5.74, 6) is 0.693. The van der Waals surface area contributed by atoms with Crippen LogP contribution in [0.15, 0.2) is 66.9 Å². The lowest BCUT2D eigenvalue weighted by molar-refractivity contribution is -0.133. The molecule has 178 valence electrons. The fraction of sp³-hybridized carbons (Fsp3) is 0.429. The molecule has 0 unspecified atom stereocenters. The summed E-state index contributed by atoms with van der Waals surface area (Å²) in [6, 6.07) is 20.5. The molecule has 6 heteroatoms. The Morgan fingerprint density at radius 1 is 0.971 bits per heavy atom. The zero-order chi connectivity index (χ0) is 23.2. The second kappa shape index (κ2) is 11.1. The molecule has 2 aromatic carbocycles. The molecule has 0 spiro atoms. The van der Waals surface area contributed by atoms with Crippen molar-refractivity contribution in [1.82, 2.24) is 14.8 Å². The van der Waals surface area contributed by atoms with Crippen molar-refractivity contribution < 1.29 is 14.3 Å². The molecule has 1 amide bonds. The van der Waals surface area contributed by atoms with Crippen LogP contribution in [0.4, 0.5) is 0 Å². The van der Waals surface area contributed by atoms with Gasteiger partial charge in [-0.15, -0.1) is 0 Å². The third-order valence-corrected chi connectivity index (χ3v) is 6.88. The first kappa shape index (κ1) is 23.0. The van der Waals surface area contributed by atoms with E-state index >= 15 is 0 Å². The molecule has 2 aliphatic rings. The number of fused-ring (bicyclic) bond motifs is 1. The second-order valence-corrected chi connectivity index (χ2v) is 9.43. The average molecular weight is 460 g/mol. The van der Waals surface area contributed by atoms with Crippen LogP contribution >= 0.6 is 0 Å². The van der Waals surface area contributed by atoms with Crippen LogP contribution in [-0.4, -0.2) is 66.2 Å². The molecule has 0 N–H and O–H groups in total. The molecule has 2 fully saturated rings. The van der Waals surface area contributed by atoms with Crippen molar-refractivity contribution in [2.45, 2.75) is 32.1 Å². The van der Waals surface area contributed by atoms with Crippen LogP contribution in [0.25, 0.3) is 10.9 Å². The molecule has 0 radical (unpaired) electrons. The van der Waals surface area contributed by atoms with Crippen LogP contribution in [0, 0.1) is 5.92 Å². The zero-order valence-electron chi connectivity index (χ0n) is 19.6. The molecule has 5 rings (SSSR count). The SMILES string of the molecule is O=C1CN(Cc2ccnc3ccccc23)C[C@H](OCc2ccccc2)CN1CC1CCOCC1. The summed E-state index contributed by atoms with van der Waals surface area (Å²) >= 11 is 0. The normalized spacial score (nSPS) is 20.5. The second-order valence-electron chi connectivity index (χ2n) is 9.43. The minimum absolute atomic E-state index is 0.0420. The number of amides is 1. The minimum Gasteiger partial charge on any atom is -0.381 e. The summed E-state index contributed by atoms with van der Waals surface area (Å²) < 4.78 is 11.9. The number of hydrogen-bond acceptors (Lipinski definition) is 5. The molecule has 0 aliphatic carbocycles. The number of ether oxygens (including phenoxy) is 2. The Morgan fingerprint density at radius 2 is 1.76 bits per heavy atom. The number of hydrogen-bond donors (Lipinski definition) is 0. The van der Waals surface area contributed by atoms with E-state index in [2.05, 4.69) is 34.1 Å². The maximum absolute atomic E-state index is 13.4. The Bertz CT molecular complexity index is 1080. The van der Waals surface area contributed by atoms with Gasteiger partial charge in [-0.1, -0.05) is 48.5 Å². The molecule has 1 aromatic heterocycles. The van der Waals surface area contributed by atoms with Gasteiger partial charge in [0.25, 0.3) is 0 Å². The molecule has 0 saturated carbocycles. The first-order valence-electron chi connectivity index (χ1n) is 12.3. The first-order valence-corrected chi connectivity index (χ1v) is 12.3. The van der Waals surface area contributed by atoms with E-state index in [1.807, 2.05) is 47.5 Å². The predicted molar refractivity (Wildman–Crippen MR) is 132 cm³/mol. The van der Waals surface area contributed by atoms with Gasteiger partial charge in [-0.25, -0.2) is 0 Å². The number of carbonyl (C=O) groups excluding carboxylic acids is 1. The molecule has 3 heterocycles. The lowest BCUT2D eigenvalue weighted by Crippen LogP contribution is -2.42. The topological polar surface area (TPSA) is 54.9 Å². The van der Waals surface area contributed by atoms with Crippen LogP contribution in [0.5, 0.6) is 0 Å². The van der Waals surface area contributed by atoms with Gasteiger partial charge in [0.05, 0.1) is 24.8 Å². The molecule has 2 aliphatic heterocycles. The van der Waals surface area contributed by atoms with Crippen LogP contribution in [0.1, 0.15) is 24.0 Å². The number of nitrogens with zero attached hydrogens (tertiary/aromatic N) is 3. The van der Waals surface area contributed by atoms with Crippen molar-refractivity contribution in [1.29, 1.82) is 0 Å². The summed E-state index contributed by atoms with van der Waals surface area (Å²) in [7, 11) is 0. The number of para-hydroxylation sites is 1. The third kappa shape index (κ3) is 5.81. The van der Waals surface area contributed by atoms with E-state index in [9.17, 15) is 4.79 Å². The summed E-state index contributed by atoms with van der Waals surface area (Å²) in [6.45, 7) is 5.40. The number of pyridine rings is 1. The van der Waals surface area contributed by atoms with Crippen molar-refractivity contribution in [2.75, 3.05) is 39.4 Å². The summed E-state index contributed by atoms with van der Waals surface area (Å²) in [5.41, 5.74) is 3.33. The van der Waals surface area contributed by atoms with E-state index < -0.39 is 0 Å². The van der Waals surface area contributed by atoms with E-state index in [1.54, 1.807) is 0 Å². The lowest BCUT2D eigenvalue weighted by atomic mass is 9.99. The average Bonchev–Trinajstić information content (AvgIpc) is 3.02. The number of carbonyl (C=O) groups is 1. The molecule has 2 saturated heterocycles. The maximum atomic E-state index is 13.4. The Labute approximate surface area is 201 Å². The Morgan fingerprint density at radius 3 is 2.62 bits per heavy atom. The minimum atomic E-state index is -0.0420. The number of rotatable bonds is 7. The van der Waals surface area contributed by atoms with Crippen molar-refractivity contribution in [3.8, 4) is 0 Å². The van der Waals surface area contributed by atoms with Crippen LogP contribution < -0.4 is 0 Å². The van der Waals surface area contributed by atoms with Gasteiger partial charge in [-0.3, -0.25) is 14.7 Å². The smallest absolute Gasteiger partial charge is 0.236 e. The highest BCUT2D eigenvalue weighted by Gasteiger charge is 2.30. The van der Waals surface area contributed by atoms with Gasteiger partial charge in [0.15, 0.2) is 0 Å². The summed E-state index contributed by atoms with van der Waals surface area (Å²) in [5, 5.41) is 1.14. The van der Waals surface area contributed by atoms with Gasteiger partial charge in [0, 0.05) is 51.0 Å². The van der Waals surface area contributed by atoms with Crippen molar-refractivity contribution in [3.05, 3.63) is 78.0 Å². The van der Waals surface area contributed by atoms with Gasteiger partial charge < -0.3 is 14.4 Å². The highest BCUT2D eigenvalue weighted by molar-refractivity contribution is 5.82. The van der Waals surface area contributed by atoms with Gasteiger partial charge in [0.1, 0.15) is 0 Å². The van der Waals surface area contributed by atoms with Gasteiger partial charge in [0.2, 0.25) is 5.91 Å². The fourth-order valence-corrected chi connectivity index (χ4v) is 5.01. The van der Waals surface area contributed by atoms with E-state index in [-0.39, 0.29) is 12.0 Å². The highest BCUT2D eigenvalue weighted by Crippen LogP contribution is 2.22. The Hall–Kier alpha value is -2.80. The third-order valence-electron chi connectivity index (χ3n) is 6.88. The van der Waals surface area contributed by atoms with Crippen molar-refractivity contribution in [3.63, 3.8) is 0 Å². The van der Waals surface area contributed by atoms with Gasteiger partial charge in [-0.05, 0) is 42.0 Å². The van der Waals surface area contributed by atoms with E-state index in [1.165, 1.54) is 5.56 Å². The number of benzene rings is 2. The molecule has 1 atom stereocenters. The zero-order valence-corrected chi connectivity index (χ0v) is 19.6. The Kier molecular flexibility index (Phi) is 7.49.